The summed E-state index contributed by atoms with van der Waals surface area (Å²) in [6.07, 6.45) is -0.258. The molecule has 0 amide bonds. The Morgan fingerprint density at radius 1 is 1.00 bits per heavy atom. The molecule has 0 heterocycles. The van der Waals surface area contributed by atoms with Crippen molar-refractivity contribution in [2.45, 2.75) is 24.8 Å². The Morgan fingerprint density at radius 2 is 1.67 bits per heavy atom. The van der Waals surface area contributed by atoms with Gasteiger partial charge in [0.15, 0.2) is 0 Å². The smallest absolute Gasteiger partial charge is 0.292 e. The van der Waals surface area contributed by atoms with Gasteiger partial charge in [0, 0.05) is 18.1 Å². The van der Waals surface area contributed by atoms with E-state index in [-0.39, 0.29) is 28.3 Å². The molecule has 7 nitrogen and oxygen atoms in total. The summed E-state index contributed by atoms with van der Waals surface area (Å²) in [5, 5.41) is 21.9. The number of nitrogens with zero attached hydrogens (tertiary/aromatic N) is 2. The van der Waals surface area contributed by atoms with Gasteiger partial charge in [-0.1, -0.05) is 44.2 Å². The number of hydrogen-bond acceptors (Lipinski definition) is 6. The van der Waals surface area contributed by atoms with Crippen LogP contribution >= 0.6 is 12.0 Å². The van der Waals surface area contributed by atoms with E-state index < -0.39 is 9.85 Å². The molecule has 0 fully saturated rings. The molecule has 0 aliphatic heterocycles. The minimum Gasteiger partial charge on any atom is -0.302 e. The first-order chi connectivity index (χ1) is 11.4. The molecular formula is C16H16N2O5S. The molecular weight excluding hydrogens is 332 g/mol. The second-order valence-corrected chi connectivity index (χ2v) is 6.22. The van der Waals surface area contributed by atoms with Crippen molar-refractivity contribution in [1.29, 1.82) is 0 Å². The average molecular weight is 348 g/mol. The molecule has 0 aliphatic rings. The van der Waals surface area contributed by atoms with E-state index in [0.29, 0.717) is 0 Å². The van der Waals surface area contributed by atoms with E-state index >= 15 is 0 Å². The Balaban J connectivity index is 2.23. The average Bonchev–Trinajstić information content (AvgIpc) is 2.55. The van der Waals surface area contributed by atoms with Crippen LogP contribution in [-0.2, 0) is 4.18 Å². The second kappa shape index (κ2) is 7.89. The molecule has 0 N–H and O–H groups in total. The van der Waals surface area contributed by atoms with Gasteiger partial charge in [0.1, 0.15) is 4.90 Å². The van der Waals surface area contributed by atoms with Gasteiger partial charge < -0.3 is 4.18 Å². The summed E-state index contributed by atoms with van der Waals surface area (Å²) < 4.78 is 5.81. The van der Waals surface area contributed by atoms with Gasteiger partial charge >= 0.3 is 0 Å². The number of nitro benzene ring substituents is 2. The maximum Gasteiger partial charge on any atom is 0.292 e. The molecule has 8 heteroatoms. The van der Waals surface area contributed by atoms with Gasteiger partial charge in [-0.05, 0) is 17.5 Å². The molecule has 0 saturated carbocycles. The highest BCUT2D eigenvalue weighted by atomic mass is 32.2. The molecule has 0 aliphatic carbocycles. The van der Waals surface area contributed by atoms with Crippen molar-refractivity contribution < 1.29 is 14.0 Å². The Morgan fingerprint density at radius 3 is 2.21 bits per heavy atom. The zero-order valence-electron chi connectivity index (χ0n) is 13.1. The fourth-order valence-electron chi connectivity index (χ4n) is 2.13. The van der Waals surface area contributed by atoms with Crippen LogP contribution in [0.5, 0.6) is 0 Å². The fourth-order valence-corrected chi connectivity index (χ4v) is 3.01. The molecule has 0 spiro atoms. The molecule has 0 saturated heterocycles. The molecule has 0 aromatic heterocycles. The molecule has 0 bridgehead atoms. The van der Waals surface area contributed by atoms with E-state index in [0.717, 1.165) is 23.7 Å². The molecule has 24 heavy (non-hydrogen) atoms. The van der Waals surface area contributed by atoms with E-state index in [9.17, 15) is 20.2 Å². The van der Waals surface area contributed by atoms with Gasteiger partial charge in [-0.2, -0.15) is 0 Å². The molecule has 0 unspecified atom stereocenters. The van der Waals surface area contributed by atoms with Crippen LogP contribution in [0.15, 0.2) is 53.4 Å². The highest BCUT2D eigenvalue weighted by Gasteiger charge is 2.23. The third-order valence-electron chi connectivity index (χ3n) is 3.33. The van der Waals surface area contributed by atoms with E-state index in [1.807, 2.05) is 44.2 Å². The highest BCUT2D eigenvalue weighted by molar-refractivity contribution is 7.94. The van der Waals surface area contributed by atoms with Crippen LogP contribution in [0.1, 0.15) is 25.5 Å². The standard InChI is InChI=1S/C16H16N2O5S/c1-11(2)16(12-6-4-3-5-7-12)23-24-15-9-8-13(17(19)20)10-14(15)18(21)22/h3-11,16H,1-2H3/t16-/m1/s1. The quantitative estimate of drug-likeness (QED) is 0.400. The lowest BCUT2D eigenvalue weighted by atomic mass is 9.99. The topological polar surface area (TPSA) is 95.5 Å². The number of benzene rings is 2. The third-order valence-corrected chi connectivity index (χ3v) is 4.15. The van der Waals surface area contributed by atoms with Crippen molar-refractivity contribution in [2.24, 2.45) is 5.92 Å². The van der Waals surface area contributed by atoms with Gasteiger partial charge in [-0.25, -0.2) is 0 Å². The summed E-state index contributed by atoms with van der Waals surface area (Å²) in [7, 11) is 0. The van der Waals surface area contributed by atoms with E-state index in [4.69, 9.17) is 4.18 Å². The van der Waals surface area contributed by atoms with Gasteiger partial charge in [0.2, 0.25) is 0 Å². The van der Waals surface area contributed by atoms with Gasteiger partial charge in [0.25, 0.3) is 11.4 Å². The van der Waals surface area contributed by atoms with Crippen molar-refractivity contribution in [1.82, 2.24) is 0 Å². The van der Waals surface area contributed by atoms with Gasteiger partial charge in [0.05, 0.1) is 22.0 Å². The first-order valence-electron chi connectivity index (χ1n) is 7.21. The molecule has 2 aromatic rings. The molecule has 2 rings (SSSR count). The predicted octanol–water partition coefficient (Wildman–Crippen LogP) is 4.92. The second-order valence-electron chi connectivity index (χ2n) is 5.42. The zero-order chi connectivity index (χ0) is 17.7. The summed E-state index contributed by atoms with van der Waals surface area (Å²) in [4.78, 5) is 20.8. The lowest BCUT2D eigenvalue weighted by Gasteiger charge is -2.20. The lowest BCUT2D eigenvalue weighted by Crippen LogP contribution is -2.07. The van der Waals surface area contributed by atoms with E-state index in [1.165, 1.54) is 12.1 Å². The monoisotopic (exact) mass is 348 g/mol. The highest BCUT2D eigenvalue weighted by Crippen LogP contribution is 2.38. The SMILES string of the molecule is CC(C)[C@@H](OSc1ccc([N+](=O)[O-])cc1[N+](=O)[O-])c1ccccc1. The largest absolute Gasteiger partial charge is 0.302 e. The fraction of sp³-hybridized carbons (Fsp3) is 0.250. The molecule has 2 aromatic carbocycles. The summed E-state index contributed by atoms with van der Waals surface area (Å²) in [5.41, 5.74) is 0.295. The minimum atomic E-state index is -0.663. The number of rotatable bonds is 7. The third kappa shape index (κ3) is 4.30. The minimum absolute atomic E-state index is 0.150. The summed E-state index contributed by atoms with van der Waals surface area (Å²) >= 11 is 0.863. The maximum atomic E-state index is 11.2. The van der Waals surface area contributed by atoms with Crippen molar-refractivity contribution in [3.8, 4) is 0 Å². The van der Waals surface area contributed by atoms with Crippen LogP contribution in [0.25, 0.3) is 0 Å². The molecule has 1 atom stereocenters. The van der Waals surface area contributed by atoms with E-state index in [1.54, 1.807) is 0 Å². The maximum absolute atomic E-state index is 11.2. The number of nitro groups is 2. The Bertz CT molecular complexity index is 737. The van der Waals surface area contributed by atoms with Crippen molar-refractivity contribution in [3.63, 3.8) is 0 Å². The van der Waals surface area contributed by atoms with Crippen LogP contribution in [0.3, 0.4) is 0 Å². The van der Waals surface area contributed by atoms with E-state index in [2.05, 4.69) is 0 Å². The van der Waals surface area contributed by atoms with Crippen LogP contribution in [-0.4, -0.2) is 9.85 Å². The first kappa shape index (κ1) is 17.9. The number of non-ortho nitro benzene ring substituents is 1. The summed E-state index contributed by atoms with van der Waals surface area (Å²) in [6, 6.07) is 13.0. The number of hydrogen-bond donors (Lipinski definition) is 0. The zero-order valence-corrected chi connectivity index (χ0v) is 13.9. The summed E-state index contributed by atoms with van der Waals surface area (Å²) in [5.74, 6) is 0.150. The normalized spacial score (nSPS) is 12.1. The Hall–Kier alpha value is -2.45. The Labute approximate surface area is 143 Å². The van der Waals surface area contributed by atoms with Crippen molar-refractivity contribution in [3.05, 3.63) is 74.3 Å². The molecule has 0 radical (unpaired) electrons. The lowest BCUT2D eigenvalue weighted by molar-refractivity contribution is -0.396. The van der Waals surface area contributed by atoms with Crippen LogP contribution in [0.4, 0.5) is 11.4 Å². The van der Waals surface area contributed by atoms with Crippen LogP contribution in [0, 0.1) is 26.1 Å². The predicted molar refractivity (Wildman–Crippen MR) is 90.7 cm³/mol. The van der Waals surface area contributed by atoms with Gasteiger partial charge in [-0.3, -0.25) is 20.2 Å². The van der Waals surface area contributed by atoms with Gasteiger partial charge in [-0.15, -0.1) is 0 Å². The Kier molecular flexibility index (Phi) is 5.88. The van der Waals surface area contributed by atoms with Crippen molar-refractivity contribution >= 4 is 23.4 Å². The van der Waals surface area contributed by atoms with Crippen LogP contribution in [0.2, 0.25) is 0 Å². The van der Waals surface area contributed by atoms with Crippen LogP contribution < -0.4 is 0 Å². The van der Waals surface area contributed by atoms with Crippen molar-refractivity contribution in [2.75, 3.05) is 0 Å². The molecule has 126 valence electrons. The first-order valence-corrected chi connectivity index (χ1v) is 7.95. The summed E-state index contributed by atoms with van der Waals surface area (Å²) in [6.45, 7) is 3.98.